The van der Waals surface area contributed by atoms with E-state index in [1.54, 1.807) is 24.3 Å². The third-order valence-electron chi connectivity index (χ3n) is 3.71. The molecule has 0 saturated carbocycles. The second-order valence-corrected chi connectivity index (χ2v) is 5.39. The Hall–Kier alpha value is -3.21. The van der Waals surface area contributed by atoms with Crippen molar-refractivity contribution in [3.8, 4) is 6.07 Å². The molecule has 5 nitrogen and oxygen atoms in total. The maximum atomic E-state index is 12.7. The molecule has 1 N–H and O–H groups in total. The number of benzene rings is 1. The predicted octanol–water partition coefficient (Wildman–Crippen LogP) is 3.78. The van der Waals surface area contributed by atoms with E-state index in [1.807, 2.05) is 6.07 Å². The maximum Gasteiger partial charge on any atom is 0.433 e. The number of alkyl halides is 3. The lowest BCUT2D eigenvalue weighted by Crippen LogP contribution is -2.16. The molecule has 126 valence electrons. The molecule has 0 radical (unpaired) electrons. The number of nitrogens with one attached hydrogen (secondary N) is 1. The first-order chi connectivity index (χ1) is 11.8. The fraction of sp³-hybridized carbons (Fsp3) is 0.176. The zero-order valence-electron chi connectivity index (χ0n) is 12.9. The Bertz CT molecular complexity index is 968. The van der Waals surface area contributed by atoms with Crippen LogP contribution in [0.25, 0.3) is 11.0 Å². The van der Waals surface area contributed by atoms with Gasteiger partial charge >= 0.3 is 6.18 Å². The molecule has 0 aliphatic heterocycles. The molecule has 2 aromatic heterocycles. The number of rotatable bonds is 3. The van der Waals surface area contributed by atoms with Crippen molar-refractivity contribution in [2.24, 2.45) is 0 Å². The second-order valence-electron chi connectivity index (χ2n) is 5.39. The number of nitriles is 1. The molecular weight excluding hydrogens is 333 g/mol. The summed E-state index contributed by atoms with van der Waals surface area (Å²) in [5.41, 5.74) is 0.0376. The van der Waals surface area contributed by atoms with Gasteiger partial charge in [0, 0.05) is 11.3 Å². The van der Waals surface area contributed by atoms with Crippen LogP contribution >= 0.6 is 0 Å². The third kappa shape index (κ3) is 3.08. The van der Waals surface area contributed by atoms with Gasteiger partial charge in [0.15, 0.2) is 11.7 Å². The Kier molecular flexibility index (Phi) is 4.00. The number of imidazole rings is 1. The molecule has 3 aromatic rings. The summed E-state index contributed by atoms with van der Waals surface area (Å²) in [5.74, 6) is -1.77. The van der Waals surface area contributed by atoms with Gasteiger partial charge in [-0.05, 0) is 31.2 Å². The Balaban J connectivity index is 1.99. The minimum atomic E-state index is -4.60. The zero-order chi connectivity index (χ0) is 18.2. The predicted molar refractivity (Wildman–Crippen MR) is 82.8 cm³/mol. The molecule has 0 amide bonds. The molecule has 1 aromatic carbocycles. The first-order valence-electron chi connectivity index (χ1n) is 7.24. The van der Waals surface area contributed by atoms with Gasteiger partial charge in [0.05, 0.1) is 17.1 Å². The van der Waals surface area contributed by atoms with Crippen molar-refractivity contribution in [3.05, 3.63) is 59.2 Å². The number of nitrogens with zero attached hydrogens (tertiary/aromatic N) is 3. The number of halogens is 3. The molecule has 3 rings (SSSR count). The number of ketones is 1. The Morgan fingerprint density at radius 2 is 1.92 bits per heavy atom. The number of aromatic amines is 1. The van der Waals surface area contributed by atoms with Gasteiger partial charge in [0.2, 0.25) is 0 Å². The van der Waals surface area contributed by atoms with Crippen LogP contribution in [0.4, 0.5) is 13.2 Å². The van der Waals surface area contributed by atoms with E-state index in [2.05, 4.69) is 15.0 Å². The standard InChI is InChI=1S/C17H11F3N4O/c1-9-10(6-7-14(22-9)17(18,19)20)15(25)11(8-21)16-23-12-4-2-3-5-13(12)24-16/h2-7,11H,1H3,(H,23,24). The fourth-order valence-electron chi connectivity index (χ4n) is 2.49. The van der Waals surface area contributed by atoms with Crippen LogP contribution in [0.2, 0.25) is 0 Å². The van der Waals surface area contributed by atoms with Crippen molar-refractivity contribution in [1.29, 1.82) is 5.26 Å². The molecule has 0 fully saturated rings. The van der Waals surface area contributed by atoms with Gasteiger partial charge in [0.25, 0.3) is 0 Å². The highest BCUT2D eigenvalue weighted by Gasteiger charge is 2.34. The summed E-state index contributed by atoms with van der Waals surface area (Å²) in [4.78, 5) is 23.2. The first-order valence-corrected chi connectivity index (χ1v) is 7.24. The van der Waals surface area contributed by atoms with Crippen molar-refractivity contribution < 1.29 is 18.0 Å². The van der Waals surface area contributed by atoms with Crippen LogP contribution in [-0.4, -0.2) is 20.7 Å². The van der Waals surface area contributed by atoms with E-state index in [1.165, 1.54) is 6.92 Å². The van der Waals surface area contributed by atoms with E-state index < -0.39 is 23.6 Å². The number of fused-ring (bicyclic) bond motifs is 1. The van der Waals surface area contributed by atoms with Crippen LogP contribution in [0.5, 0.6) is 0 Å². The largest absolute Gasteiger partial charge is 0.433 e. The van der Waals surface area contributed by atoms with Crippen LogP contribution < -0.4 is 0 Å². The minimum absolute atomic E-state index is 0.0417. The van der Waals surface area contributed by atoms with Crippen LogP contribution in [0, 0.1) is 18.3 Å². The van der Waals surface area contributed by atoms with Gasteiger partial charge in [-0.2, -0.15) is 18.4 Å². The van der Waals surface area contributed by atoms with Gasteiger partial charge in [0.1, 0.15) is 11.5 Å². The van der Waals surface area contributed by atoms with Crippen LogP contribution in [0.15, 0.2) is 36.4 Å². The monoisotopic (exact) mass is 344 g/mol. The van der Waals surface area contributed by atoms with Crippen molar-refractivity contribution in [1.82, 2.24) is 15.0 Å². The Morgan fingerprint density at radius 1 is 1.20 bits per heavy atom. The van der Waals surface area contributed by atoms with Gasteiger partial charge in [-0.1, -0.05) is 12.1 Å². The molecule has 0 spiro atoms. The Labute approximate surface area is 140 Å². The zero-order valence-corrected chi connectivity index (χ0v) is 12.9. The van der Waals surface area contributed by atoms with Gasteiger partial charge in [-0.25, -0.2) is 9.97 Å². The van der Waals surface area contributed by atoms with Crippen LogP contribution in [0.3, 0.4) is 0 Å². The summed E-state index contributed by atoms with van der Waals surface area (Å²) in [5, 5.41) is 9.38. The normalized spacial score (nSPS) is 12.8. The molecule has 0 aliphatic rings. The van der Waals surface area contributed by atoms with Gasteiger partial charge in [-0.15, -0.1) is 0 Å². The average Bonchev–Trinajstić information content (AvgIpc) is 2.98. The minimum Gasteiger partial charge on any atom is -0.340 e. The Morgan fingerprint density at radius 3 is 2.52 bits per heavy atom. The maximum absolute atomic E-state index is 12.7. The summed E-state index contributed by atoms with van der Waals surface area (Å²) in [6.45, 7) is 1.30. The number of Topliss-reactive ketones (excluding diaryl/α,β-unsaturated/α-hetero) is 1. The molecule has 0 saturated heterocycles. The van der Waals surface area contributed by atoms with Crippen molar-refractivity contribution in [2.45, 2.75) is 19.0 Å². The van der Waals surface area contributed by atoms with Gasteiger partial charge in [-0.3, -0.25) is 4.79 Å². The van der Waals surface area contributed by atoms with Crippen molar-refractivity contribution >= 4 is 16.8 Å². The summed E-state index contributed by atoms with van der Waals surface area (Å²) in [6.07, 6.45) is -4.60. The molecule has 8 heteroatoms. The van der Waals surface area contributed by atoms with E-state index in [0.29, 0.717) is 11.0 Å². The molecule has 1 atom stereocenters. The summed E-state index contributed by atoms with van der Waals surface area (Å²) >= 11 is 0. The van der Waals surface area contributed by atoms with E-state index in [0.717, 1.165) is 12.1 Å². The molecule has 25 heavy (non-hydrogen) atoms. The van der Waals surface area contributed by atoms with E-state index in [9.17, 15) is 23.2 Å². The molecule has 2 heterocycles. The summed E-state index contributed by atoms with van der Waals surface area (Å²) < 4.78 is 38.1. The second kappa shape index (κ2) is 6.02. The first kappa shape index (κ1) is 16.6. The SMILES string of the molecule is Cc1nc(C(F)(F)F)ccc1C(=O)C(C#N)c1nc2ccccc2[nH]1. The number of hydrogen-bond acceptors (Lipinski definition) is 4. The lowest BCUT2D eigenvalue weighted by Gasteiger charge is -2.11. The number of carbonyl (C=O) groups excluding carboxylic acids is 1. The lowest BCUT2D eigenvalue weighted by atomic mass is 9.97. The highest BCUT2D eigenvalue weighted by molar-refractivity contribution is 6.03. The average molecular weight is 344 g/mol. The van der Waals surface area contributed by atoms with Crippen molar-refractivity contribution in [3.63, 3.8) is 0 Å². The number of hydrogen-bond donors (Lipinski definition) is 1. The highest BCUT2D eigenvalue weighted by atomic mass is 19.4. The van der Waals surface area contributed by atoms with Gasteiger partial charge < -0.3 is 4.98 Å². The number of aromatic nitrogens is 3. The number of aryl methyl sites for hydroxylation is 1. The molecule has 1 unspecified atom stereocenters. The quantitative estimate of drug-likeness (QED) is 0.733. The molecule has 0 aliphatic carbocycles. The lowest BCUT2D eigenvalue weighted by molar-refractivity contribution is -0.141. The van der Waals surface area contributed by atoms with Crippen molar-refractivity contribution in [2.75, 3.05) is 0 Å². The molecule has 0 bridgehead atoms. The fourth-order valence-corrected chi connectivity index (χ4v) is 2.49. The van der Waals surface area contributed by atoms with Crippen LogP contribution in [-0.2, 0) is 6.18 Å². The van der Waals surface area contributed by atoms with E-state index in [-0.39, 0.29) is 17.1 Å². The summed E-state index contributed by atoms with van der Waals surface area (Å²) in [7, 11) is 0. The number of carbonyl (C=O) groups is 1. The smallest absolute Gasteiger partial charge is 0.340 e. The van der Waals surface area contributed by atoms with Crippen LogP contribution in [0.1, 0.15) is 33.5 Å². The summed E-state index contributed by atoms with van der Waals surface area (Å²) in [6, 6.07) is 10.6. The molecular formula is C17H11F3N4O. The number of H-pyrrole nitrogens is 1. The topological polar surface area (TPSA) is 82.4 Å². The van der Waals surface area contributed by atoms with E-state index >= 15 is 0 Å². The highest BCUT2D eigenvalue weighted by Crippen LogP contribution is 2.29. The van der Waals surface area contributed by atoms with E-state index in [4.69, 9.17) is 0 Å². The number of pyridine rings is 1. The number of para-hydroxylation sites is 2. The third-order valence-corrected chi connectivity index (χ3v) is 3.71.